The molecular formula is C14H21ClN2OS. The topological polar surface area (TPSA) is 55.1 Å². The van der Waals surface area contributed by atoms with Crippen LogP contribution in [0.5, 0.6) is 0 Å². The third-order valence-electron chi connectivity index (χ3n) is 3.30. The number of nitrogen functional groups attached to an aromatic ring is 1. The highest BCUT2D eigenvalue weighted by Crippen LogP contribution is 2.30. The van der Waals surface area contributed by atoms with Crippen LogP contribution in [0.4, 0.5) is 5.69 Å². The fourth-order valence-electron chi connectivity index (χ4n) is 2.44. The Morgan fingerprint density at radius 3 is 2.95 bits per heavy atom. The molecule has 2 atom stereocenters. The second-order valence-electron chi connectivity index (χ2n) is 4.63. The smallest absolute Gasteiger partial charge is 0.251 e. The highest BCUT2D eigenvalue weighted by Gasteiger charge is 2.28. The molecule has 5 heteroatoms. The van der Waals surface area contributed by atoms with Gasteiger partial charge in [0.25, 0.3) is 5.91 Å². The molecule has 0 radical (unpaired) electrons. The summed E-state index contributed by atoms with van der Waals surface area (Å²) in [6, 6.07) is 7.46. The van der Waals surface area contributed by atoms with Crippen molar-refractivity contribution >= 4 is 35.8 Å². The van der Waals surface area contributed by atoms with E-state index in [1.165, 1.54) is 12.8 Å². The molecule has 1 aromatic rings. The fraction of sp³-hybridized carbons (Fsp3) is 0.500. The number of benzene rings is 1. The molecule has 2 rings (SSSR count). The Morgan fingerprint density at radius 1 is 1.47 bits per heavy atom. The summed E-state index contributed by atoms with van der Waals surface area (Å²) in [5.74, 6) is 1.10. The quantitative estimate of drug-likeness (QED) is 0.840. The van der Waals surface area contributed by atoms with Gasteiger partial charge in [-0.3, -0.25) is 4.79 Å². The Morgan fingerprint density at radius 2 is 2.26 bits per heavy atom. The predicted molar refractivity (Wildman–Crippen MR) is 85.1 cm³/mol. The van der Waals surface area contributed by atoms with Crippen molar-refractivity contribution in [2.24, 2.45) is 0 Å². The van der Waals surface area contributed by atoms with Crippen LogP contribution in [0.2, 0.25) is 0 Å². The van der Waals surface area contributed by atoms with Crippen LogP contribution in [-0.4, -0.2) is 23.0 Å². The molecule has 3 nitrogen and oxygen atoms in total. The summed E-state index contributed by atoms with van der Waals surface area (Å²) in [6.07, 6.45) is 3.51. The van der Waals surface area contributed by atoms with E-state index in [9.17, 15) is 4.79 Å². The molecule has 19 heavy (non-hydrogen) atoms. The number of nitrogens with two attached hydrogens (primary N) is 1. The standard InChI is InChI=1S/C14H20N2OS.ClH/c1-2-18-13-8-4-7-12(13)16-14(17)10-5-3-6-11(15)9-10;/h3,5-6,9,12-13H,2,4,7-8,15H2,1H3,(H,16,17);1H. The number of thioether (sulfide) groups is 1. The van der Waals surface area contributed by atoms with E-state index in [0.29, 0.717) is 22.5 Å². The van der Waals surface area contributed by atoms with Gasteiger partial charge in [0, 0.05) is 22.5 Å². The fourth-order valence-corrected chi connectivity index (χ4v) is 3.63. The monoisotopic (exact) mass is 300 g/mol. The summed E-state index contributed by atoms with van der Waals surface area (Å²) in [5.41, 5.74) is 6.98. The zero-order chi connectivity index (χ0) is 13.0. The number of hydrogen-bond donors (Lipinski definition) is 2. The zero-order valence-electron chi connectivity index (χ0n) is 11.1. The number of carbonyl (C=O) groups is 1. The van der Waals surface area contributed by atoms with Crippen molar-refractivity contribution in [2.45, 2.75) is 37.5 Å². The molecule has 1 aliphatic carbocycles. The second kappa shape index (κ2) is 7.65. The van der Waals surface area contributed by atoms with Gasteiger partial charge in [-0.05, 0) is 36.8 Å². The molecule has 106 valence electrons. The molecule has 0 spiro atoms. The third kappa shape index (κ3) is 4.32. The van der Waals surface area contributed by atoms with Gasteiger partial charge in [-0.15, -0.1) is 12.4 Å². The molecule has 0 heterocycles. The van der Waals surface area contributed by atoms with E-state index in [-0.39, 0.29) is 18.3 Å². The lowest BCUT2D eigenvalue weighted by Gasteiger charge is -2.20. The molecule has 3 N–H and O–H groups in total. The lowest BCUT2D eigenvalue weighted by molar-refractivity contribution is 0.0938. The molecule has 1 aliphatic rings. The molecule has 0 aliphatic heterocycles. The van der Waals surface area contributed by atoms with E-state index in [0.717, 1.165) is 12.2 Å². The van der Waals surface area contributed by atoms with E-state index in [1.807, 2.05) is 23.9 Å². The minimum atomic E-state index is -0.00379. The van der Waals surface area contributed by atoms with Crippen LogP contribution in [0, 0.1) is 0 Å². The summed E-state index contributed by atoms with van der Waals surface area (Å²) in [7, 11) is 0. The van der Waals surface area contributed by atoms with Crippen LogP contribution >= 0.6 is 24.2 Å². The van der Waals surface area contributed by atoms with E-state index in [2.05, 4.69) is 12.2 Å². The number of carbonyl (C=O) groups excluding carboxylic acids is 1. The molecule has 0 aromatic heterocycles. The Kier molecular flexibility index (Phi) is 6.52. The Labute approximate surface area is 125 Å². The van der Waals surface area contributed by atoms with Crippen molar-refractivity contribution in [3.05, 3.63) is 29.8 Å². The van der Waals surface area contributed by atoms with Crippen LogP contribution in [0.25, 0.3) is 0 Å². The lowest BCUT2D eigenvalue weighted by Crippen LogP contribution is -2.38. The molecule has 2 unspecified atom stereocenters. The predicted octanol–water partition coefficient (Wildman–Crippen LogP) is 3.09. The first-order valence-electron chi connectivity index (χ1n) is 6.48. The van der Waals surface area contributed by atoms with Gasteiger partial charge in [0.05, 0.1) is 0 Å². The summed E-state index contributed by atoms with van der Waals surface area (Å²) in [6.45, 7) is 2.17. The first-order valence-corrected chi connectivity index (χ1v) is 7.53. The Bertz CT molecular complexity index is 428. The Hall–Kier alpha value is -0.870. The molecule has 1 fully saturated rings. The number of hydrogen-bond acceptors (Lipinski definition) is 3. The molecule has 1 saturated carbocycles. The van der Waals surface area contributed by atoms with Crippen molar-refractivity contribution in [1.29, 1.82) is 0 Å². The van der Waals surface area contributed by atoms with Crippen molar-refractivity contribution in [1.82, 2.24) is 5.32 Å². The number of amides is 1. The van der Waals surface area contributed by atoms with Gasteiger partial charge < -0.3 is 11.1 Å². The van der Waals surface area contributed by atoms with Crippen LogP contribution in [0.1, 0.15) is 36.5 Å². The van der Waals surface area contributed by atoms with Gasteiger partial charge in [-0.2, -0.15) is 11.8 Å². The summed E-state index contributed by atoms with van der Waals surface area (Å²) in [5, 5.41) is 3.71. The summed E-state index contributed by atoms with van der Waals surface area (Å²) >= 11 is 1.95. The van der Waals surface area contributed by atoms with Crippen molar-refractivity contribution in [2.75, 3.05) is 11.5 Å². The normalized spacial score (nSPS) is 21.7. The Balaban J connectivity index is 0.00000180. The molecule has 0 saturated heterocycles. The minimum Gasteiger partial charge on any atom is -0.399 e. The van der Waals surface area contributed by atoms with E-state index in [4.69, 9.17) is 5.73 Å². The first kappa shape index (κ1) is 16.2. The van der Waals surface area contributed by atoms with E-state index >= 15 is 0 Å². The van der Waals surface area contributed by atoms with Gasteiger partial charge in [-0.1, -0.05) is 19.4 Å². The maximum atomic E-state index is 12.1. The third-order valence-corrected chi connectivity index (χ3v) is 4.62. The van der Waals surface area contributed by atoms with Crippen molar-refractivity contribution in [3.8, 4) is 0 Å². The summed E-state index contributed by atoms with van der Waals surface area (Å²) < 4.78 is 0. The second-order valence-corrected chi connectivity index (χ2v) is 6.15. The van der Waals surface area contributed by atoms with E-state index < -0.39 is 0 Å². The van der Waals surface area contributed by atoms with Gasteiger partial charge >= 0.3 is 0 Å². The van der Waals surface area contributed by atoms with Crippen molar-refractivity contribution < 1.29 is 4.79 Å². The minimum absolute atomic E-state index is 0. The largest absolute Gasteiger partial charge is 0.399 e. The van der Waals surface area contributed by atoms with Crippen LogP contribution in [0.3, 0.4) is 0 Å². The number of nitrogens with one attached hydrogen (secondary N) is 1. The molecular weight excluding hydrogens is 280 g/mol. The zero-order valence-corrected chi connectivity index (χ0v) is 12.7. The van der Waals surface area contributed by atoms with Crippen LogP contribution in [0.15, 0.2) is 24.3 Å². The number of rotatable bonds is 4. The number of anilines is 1. The molecule has 1 aromatic carbocycles. The van der Waals surface area contributed by atoms with Crippen LogP contribution < -0.4 is 11.1 Å². The van der Waals surface area contributed by atoms with Crippen molar-refractivity contribution in [3.63, 3.8) is 0 Å². The molecule has 1 amide bonds. The van der Waals surface area contributed by atoms with E-state index in [1.54, 1.807) is 12.1 Å². The van der Waals surface area contributed by atoms with Gasteiger partial charge in [0.15, 0.2) is 0 Å². The maximum absolute atomic E-state index is 12.1. The van der Waals surface area contributed by atoms with Gasteiger partial charge in [0.1, 0.15) is 0 Å². The average Bonchev–Trinajstić information content (AvgIpc) is 2.77. The number of halogens is 1. The van der Waals surface area contributed by atoms with Gasteiger partial charge in [-0.25, -0.2) is 0 Å². The SMILES string of the molecule is CCSC1CCCC1NC(=O)c1cccc(N)c1.Cl. The maximum Gasteiger partial charge on any atom is 0.251 e. The highest BCUT2D eigenvalue weighted by molar-refractivity contribution is 7.99. The summed E-state index contributed by atoms with van der Waals surface area (Å²) in [4.78, 5) is 12.1. The average molecular weight is 301 g/mol. The highest BCUT2D eigenvalue weighted by atomic mass is 35.5. The first-order chi connectivity index (χ1) is 8.70. The lowest BCUT2D eigenvalue weighted by atomic mass is 10.1. The molecule has 0 bridgehead atoms. The van der Waals surface area contributed by atoms with Gasteiger partial charge in [0.2, 0.25) is 0 Å². The van der Waals surface area contributed by atoms with Crippen LogP contribution in [-0.2, 0) is 0 Å².